The van der Waals surface area contributed by atoms with Crippen molar-refractivity contribution < 1.29 is 49.3 Å². The van der Waals surface area contributed by atoms with E-state index in [1.54, 1.807) is 0 Å². The van der Waals surface area contributed by atoms with Gasteiger partial charge in [-0.2, -0.15) is 0 Å². The van der Waals surface area contributed by atoms with Crippen LogP contribution in [0.3, 0.4) is 0 Å². The summed E-state index contributed by atoms with van der Waals surface area (Å²) in [7, 11) is 0. The second-order valence-corrected chi connectivity index (χ2v) is 10.5. The first-order valence-electron chi connectivity index (χ1n) is 13.3. The van der Waals surface area contributed by atoms with E-state index in [1.165, 1.54) is 0 Å². The van der Waals surface area contributed by atoms with E-state index in [0.29, 0.717) is 24.8 Å². The van der Waals surface area contributed by atoms with Gasteiger partial charge in [-0.05, 0) is 29.9 Å². The Labute approximate surface area is 231 Å². The number of carbonyl (C=O) groups excluding carboxylic acids is 1. The van der Waals surface area contributed by atoms with Gasteiger partial charge in [-0.25, -0.2) is 4.39 Å². The molecule has 1 aliphatic rings. The molecule has 2 aromatic rings. The van der Waals surface area contributed by atoms with Gasteiger partial charge in [-0.1, -0.05) is 38.1 Å². The monoisotopic (exact) mass is 569 g/mol. The number of aliphatic hydroxyl groups is 6. The van der Waals surface area contributed by atoms with E-state index >= 15 is 0 Å². The molecule has 1 aliphatic heterocycles. The molecule has 1 fully saturated rings. The lowest BCUT2D eigenvalue weighted by molar-refractivity contribution is -0.265. The van der Waals surface area contributed by atoms with Crippen LogP contribution in [-0.4, -0.2) is 109 Å². The molecule has 0 radical (unpaired) electrons. The predicted octanol–water partition coefficient (Wildman–Crippen LogP) is -0.566. The van der Waals surface area contributed by atoms with Crippen LogP contribution in [-0.2, 0) is 22.4 Å². The third kappa shape index (κ3) is 7.55. The molecule has 3 rings (SSSR count). The quantitative estimate of drug-likeness (QED) is 0.146. The molecule has 0 bridgehead atoms. The average Bonchev–Trinajstić information content (AvgIpc) is 3.35. The number of hydrogen-bond donors (Lipinski definition) is 8. The van der Waals surface area contributed by atoms with Gasteiger partial charge in [0.05, 0.1) is 26.4 Å². The first-order valence-corrected chi connectivity index (χ1v) is 13.3. The van der Waals surface area contributed by atoms with E-state index in [9.17, 15) is 39.8 Å². The maximum atomic E-state index is 14.1. The molecule has 40 heavy (non-hydrogen) atoms. The Kier molecular flexibility index (Phi) is 11.4. The van der Waals surface area contributed by atoms with Gasteiger partial charge in [-0.3, -0.25) is 9.89 Å². The lowest BCUT2D eigenvalue weighted by Crippen LogP contribution is -2.58. The minimum atomic E-state index is -1.96. The number of carbonyl (C=O) groups is 1. The molecule has 224 valence electrons. The fraction of sp³-hybridized carbons (Fsp3) is 0.630. The molecule has 13 heteroatoms. The summed E-state index contributed by atoms with van der Waals surface area (Å²) < 4.78 is 25.2. The number of halogens is 1. The topological polar surface area (TPSA) is 198 Å². The van der Waals surface area contributed by atoms with Gasteiger partial charge in [-0.15, -0.1) is 5.10 Å². The van der Waals surface area contributed by atoms with Crippen LogP contribution in [0, 0.1) is 0 Å². The molecule has 1 aromatic heterocycles. The fourth-order valence-corrected chi connectivity index (χ4v) is 4.46. The van der Waals surface area contributed by atoms with Crippen molar-refractivity contribution in [1.29, 1.82) is 0 Å². The number of nitrogens with zero attached hydrogens (tertiary/aromatic N) is 1. The Morgan fingerprint density at radius 3 is 2.30 bits per heavy atom. The van der Waals surface area contributed by atoms with Gasteiger partial charge in [0.2, 0.25) is 18.1 Å². The zero-order valence-electron chi connectivity index (χ0n) is 22.7. The molecule has 1 amide bonds. The number of aromatic nitrogens is 2. The van der Waals surface area contributed by atoms with E-state index < -0.39 is 62.7 Å². The third-order valence-corrected chi connectivity index (χ3v) is 7.05. The summed E-state index contributed by atoms with van der Waals surface area (Å²) >= 11 is 0. The lowest BCUT2D eigenvalue weighted by Gasteiger charge is -2.38. The van der Waals surface area contributed by atoms with Crippen molar-refractivity contribution in [2.45, 2.75) is 81.8 Å². The molecule has 1 saturated heterocycles. The summed E-state index contributed by atoms with van der Waals surface area (Å²) in [5.74, 6) is -0.196. The van der Waals surface area contributed by atoms with Crippen LogP contribution < -0.4 is 10.1 Å². The van der Waals surface area contributed by atoms with Crippen LogP contribution in [0.1, 0.15) is 55.0 Å². The van der Waals surface area contributed by atoms with Crippen LogP contribution >= 0.6 is 0 Å². The van der Waals surface area contributed by atoms with Crippen LogP contribution in [0.15, 0.2) is 24.3 Å². The van der Waals surface area contributed by atoms with E-state index in [2.05, 4.69) is 15.5 Å². The highest BCUT2D eigenvalue weighted by Crippen LogP contribution is 2.31. The molecule has 0 spiro atoms. The number of alkyl halides is 1. The predicted molar refractivity (Wildman–Crippen MR) is 140 cm³/mol. The van der Waals surface area contributed by atoms with Gasteiger partial charge in [0.25, 0.3) is 0 Å². The van der Waals surface area contributed by atoms with Gasteiger partial charge in [0, 0.05) is 24.1 Å². The summed E-state index contributed by atoms with van der Waals surface area (Å²) in [5.41, 5.74) is 1.97. The number of rotatable bonds is 14. The van der Waals surface area contributed by atoms with E-state index in [1.807, 2.05) is 38.1 Å². The molecule has 0 aliphatic carbocycles. The molecular formula is C27H40FN3O9. The Bertz CT molecular complexity index is 1070. The highest BCUT2D eigenvalue weighted by Gasteiger charge is 2.46. The zero-order chi connectivity index (χ0) is 29.4. The molecule has 2 unspecified atom stereocenters. The minimum Gasteiger partial charge on any atom is -0.443 e. The first kappa shape index (κ1) is 31.9. The highest BCUT2D eigenvalue weighted by molar-refractivity contribution is 5.76. The molecule has 2 heterocycles. The number of hydrogen-bond acceptors (Lipinski definition) is 10. The second kappa shape index (κ2) is 14.3. The molecule has 0 saturated carbocycles. The van der Waals surface area contributed by atoms with Crippen molar-refractivity contribution in [3.8, 4) is 5.88 Å². The first-order chi connectivity index (χ1) is 19.1. The van der Waals surface area contributed by atoms with Crippen molar-refractivity contribution in [2.75, 3.05) is 26.4 Å². The molecule has 8 N–H and O–H groups in total. The van der Waals surface area contributed by atoms with E-state index in [-0.39, 0.29) is 24.1 Å². The van der Waals surface area contributed by atoms with Crippen molar-refractivity contribution in [3.63, 3.8) is 0 Å². The van der Waals surface area contributed by atoms with Crippen LogP contribution in [0.25, 0.3) is 0 Å². The average molecular weight is 570 g/mol. The number of aromatic amines is 1. The summed E-state index contributed by atoms with van der Waals surface area (Å²) in [6.07, 6.45) is -6.53. The van der Waals surface area contributed by atoms with Crippen molar-refractivity contribution in [1.82, 2.24) is 15.5 Å². The number of aliphatic hydroxyl groups excluding tert-OH is 6. The Morgan fingerprint density at radius 1 is 1.10 bits per heavy atom. The third-order valence-electron chi connectivity index (χ3n) is 7.05. The highest BCUT2D eigenvalue weighted by atomic mass is 19.1. The molecule has 5 atom stereocenters. The molecular weight excluding hydrogens is 529 g/mol. The minimum absolute atomic E-state index is 0.0507. The van der Waals surface area contributed by atoms with Gasteiger partial charge in [0.1, 0.15) is 23.9 Å². The maximum absolute atomic E-state index is 14.1. The van der Waals surface area contributed by atoms with Crippen LogP contribution in [0.4, 0.5) is 4.39 Å². The number of amides is 1. The Morgan fingerprint density at radius 2 is 1.73 bits per heavy atom. The largest absolute Gasteiger partial charge is 0.443 e. The van der Waals surface area contributed by atoms with Gasteiger partial charge >= 0.3 is 0 Å². The zero-order valence-corrected chi connectivity index (χ0v) is 22.7. The van der Waals surface area contributed by atoms with E-state index in [4.69, 9.17) is 9.47 Å². The second-order valence-electron chi connectivity index (χ2n) is 10.5. The summed E-state index contributed by atoms with van der Waals surface area (Å²) in [4.78, 5) is 12.2. The summed E-state index contributed by atoms with van der Waals surface area (Å²) in [5, 5.41) is 67.4. The van der Waals surface area contributed by atoms with Crippen molar-refractivity contribution >= 4 is 5.91 Å². The summed E-state index contributed by atoms with van der Waals surface area (Å²) in [6, 6.07) is 7.71. The van der Waals surface area contributed by atoms with Gasteiger partial charge in [0.15, 0.2) is 6.17 Å². The normalized spacial score (nSPS) is 23.4. The molecule has 1 aromatic carbocycles. The van der Waals surface area contributed by atoms with Crippen LogP contribution in [0.2, 0.25) is 0 Å². The van der Waals surface area contributed by atoms with Crippen molar-refractivity contribution in [2.24, 2.45) is 0 Å². The van der Waals surface area contributed by atoms with Crippen LogP contribution in [0.5, 0.6) is 5.88 Å². The SMILES string of the molecule is CC(C)c1[nH]nc(OC2OC(CO)[C@@H](F)[C@H](O)[C@H]2O)c1Cc1ccc(CCCC(=O)NC(CO)(CO)CO)cc1. The van der Waals surface area contributed by atoms with Gasteiger partial charge < -0.3 is 45.4 Å². The number of aryl methyl sites for hydroxylation is 1. The van der Waals surface area contributed by atoms with Crippen molar-refractivity contribution in [3.05, 3.63) is 46.6 Å². The lowest BCUT2D eigenvalue weighted by atomic mass is 9.98. The maximum Gasteiger partial charge on any atom is 0.238 e. The summed E-state index contributed by atoms with van der Waals surface area (Å²) in [6.45, 7) is 1.51. The fourth-order valence-electron chi connectivity index (χ4n) is 4.46. The Hall–Kier alpha value is -2.65. The molecule has 12 nitrogen and oxygen atoms in total. The number of ether oxygens (including phenoxy) is 2. The standard InChI is InChI=1S/C27H40FN3O9/c1-15(2)22-18(25(31-30-22)40-26-24(38)23(37)21(28)19(11-32)39-26)10-17-8-6-16(7-9-17)4-3-5-20(36)29-27(12-33,13-34)14-35/h6-9,15,19,21,23-24,26,32-35,37-38H,3-5,10-14H2,1-2H3,(H,29,36)(H,30,31)/t19?,21-,23+,24-,26?/m1/s1. The number of benzene rings is 1. The number of H-pyrrole nitrogens is 1. The van der Waals surface area contributed by atoms with E-state index in [0.717, 1.165) is 16.8 Å². The smallest absolute Gasteiger partial charge is 0.238 e. The number of nitrogens with one attached hydrogen (secondary N) is 2. The Balaban J connectivity index is 1.64.